The van der Waals surface area contributed by atoms with E-state index in [1.165, 1.54) is 11.3 Å². The predicted octanol–water partition coefficient (Wildman–Crippen LogP) is 5.09. The molecule has 4 rings (SSSR count). The maximum atomic E-state index is 12.4. The van der Waals surface area contributed by atoms with Crippen LogP contribution in [0.1, 0.15) is 20.8 Å². The SMILES string of the molecule is CC(C)(C)OC(=O)N1CC(COc2cccc(NC(=O)Nc3csc(-c4ccccc4)n3)n2)C1. The van der Waals surface area contributed by atoms with Gasteiger partial charge in [0.15, 0.2) is 0 Å². The predicted molar refractivity (Wildman–Crippen MR) is 131 cm³/mol. The smallest absolute Gasteiger partial charge is 0.410 e. The molecule has 3 aromatic rings. The first-order chi connectivity index (χ1) is 16.2. The van der Waals surface area contributed by atoms with Crippen molar-refractivity contribution in [3.8, 4) is 16.5 Å². The van der Waals surface area contributed by atoms with E-state index in [1.54, 1.807) is 28.5 Å². The third-order valence-electron chi connectivity index (χ3n) is 4.81. The standard InChI is InChI=1S/C24H27N5O4S/c1-24(2,3)33-23(31)29-12-16(13-29)14-32-20-11-7-10-18(25-20)27-22(30)28-19-15-34-21(26-19)17-8-5-4-6-9-17/h4-11,15-16H,12-14H2,1-3H3,(H2,25,27,28,30). The Kier molecular flexibility index (Phi) is 6.97. The maximum Gasteiger partial charge on any atom is 0.410 e. The number of hydrogen-bond donors (Lipinski definition) is 2. The van der Waals surface area contributed by atoms with Crippen molar-refractivity contribution in [2.24, 2.45) is 5.92 Å². The molecule has 3 amide bonds. The summed E-state index contributed by atoms with van der Waals surface area (Å²) in [4.78, 5) is 34.8. The van der Waals surface area contributed by atoms with Crippen molar-refractivity contribution in [1.29, 1.82) is 0 Å². The average molecular weight is 482 g/mol. The van der Waals surface area contributed by atoms with Crippen molar-refractivity contribution < 1.29 is 19.1 Å². The van der Waals surface area contributed by atoms with E-state index in [1.807, 2.05) is 51.1 Å². The van der Waals surface area contributed by atoms with Crippen molar-refractivity contribution in [2.75, 3.05) is 30.3 Å². The molecule has 1 saturated heterocycles. The minimum Gasteiger partial charge on any atom is -0.477 e. The number of urea groups is 1. The highest BCUT2D eigenvalue weighted by molar-refractivity contribution is 7.13. The van der Waals surface area contributed by atoms with Gasteiger partial charge in [-0.05, 0) is 26.8 Å². The summed E-state index contributed by atoms with van der Waals surface area (Å²) in [5.41, 5.74) is 0.486. The van der Waals surface area contributed by atoms with Gasteiger partial charge >= 0.3 is 12.1 Å². The van der Waals surface area contributed by atoms with Gasteiger partial charge in [0.1, 0.15) is 22.2 Å². The quantitative estimate of drug-likeness (QED) is 0.508. The molecule has 0 aliphatic carbocycles. The van der Waals surface area contributed by atoms with E-state index in [0.29, 0.717) is 37.2 Å². The van der Waals surface area contributed by atoms with Crippen molar-refractivity contribution in [2.45, 2.75) is 26.4 Å². The summed E-state index contributed by atoms with van der Waals surface area (Å²) in [5, 5.41) is 8.02. The fraction of sp³-hybridized carbons (Fsp3) is 0.333. The van der Waals surface area contributed by atoms with Gasteiger partial charge in [-0.2, -0.15) is 4.98 Å². The number of likely N-dealkylation sites (tertiary alicyclic amines) is 1. The van der Waals surface area contributed by atoms with Crippen LogP contribution in [0.5, 0.6) is 5.88 Å². The van der Waals surface area contributed by atoms with Crippen molar-refractivity contribution in [3.63, 3.8) is 0 Å². The Hall–Kier alpha value is -3.66. The zero-order valence-electron chi connectivity index (χ0n) is 19.3. The first kappa shape index (κ1) is 23.5. The monoisotopic (exact) mass is 481 g/mol. The minimum atomic E-state index is -0.508. The van der Waals surface area contributed by atoms with Crippen molar-refractivity contribution in [3.05, 3.63) is 53.9 Å². The Labute approximate surface area is 202 Å². The Morgan fingerprint density at radius 2 is 1.76 bits per heavy atom. The summed E-state index contributed by atoms with van der Waals surface area (Å²) in [6.45, 7) is 7.11. The van der Waals surface area contributed by atoms with Crippen LogP contribution >= 0.6 is 11.3 Å². The second-order valence-corrected chi connectivity index (χ2v) is 9.76. The van der Waals surface area contributed by atoms with Crippen LogP contribution < -0.4 is 15.4 Å². The van der Waals surface area contributed by atoms with E-state index in [4.69, 9.17) is 9.47 Å². The largest absolute Gasteiger partial charge is 0.477 e. The molecule has 34 heavy (non-hydrogen) atoms. The molecule has 9 nitrogen and oxygen atoms in total. The molecule has 0 spiro atoms. The van der Waals surface area contributed by atoms with Crippen LogP contribution in [0.15, 0.2) is 53.9 Å². The number of amides is 3. The lowest BCUT2D eigenvalue weighted by Crippen LogP contribution is -2.53. The highest BCUT2D eigenvalue weighted by Crippen LogP contribution is 2.26. The highest BCUT2D eigenvalue weighted by Gasteiger charge is 2.34. The molecular weight excluding hydrogens is 454 g/mol. The van der Waals surface area contributed by atoms with Gasteiger partial charge < -0.3 is 14.4 Å². The summed E-state index contributed by atoms with van der Waals surface area (Å²) in [7, 11) is 0. The second kappa shape index (κ2) is 10.1. The number of rotatable bonds is 6. The van der Waals surface area contributed by atoms with Gasteiger partial charge in [0.25, 0.3) is 0 Å². The topological polar surface area (TPSA) is 106 Å². The van der Waals surface area contributed by atoms with E-state index >= 15 is 0 Å². The number of benzene rings is 1. The molecule has 178 valence electrons. The van der Waals surface area contributed by atoms with Gasteiger partial charge in [0, 0.05) is 36.0 Å². The van der Waals surface area contributed by atoms with Crippen LogP contribution in [0.4, 0.5) is 21.2 Å². The molecule has 1 aliphatic heterocycles. The first-order valence-corrected chi connectivity index (χ1v) is 11.8. The zero-order chi connectivity index (χ0) is 24.1. The number of carbonyl (C=O) groups excluding carboxylic acids is 2. The molecule has 0 atom stereocenters. The third kappa shape index (κ3) is 6.44. The summed E-state index contributed by atoms with van der Waals surface area (Å²) in [5.74, 6) is 1.43. The minimum absolute atomic E-state index is 0.206. The lowest BCUT2D eigenvalue weighted by Gasteiger charge is -2.39. The van der Waals surface area contributed by atoms with Crippen molar-refractivity contribution in [1.82, 2.24) is 14.9 Å². The van der Waals surface area contributed by atoms with Crippen LogP contribution in [-0.2, 0) is 4.74 Å². The van der Waals surface area contributed by atoms with Gasteiger partial charge in [0.05, 0.1) is 6.61 Å². The average Bonchev–Trinajstić information content (AvgIpc) is 3.20. The summed E-state index contributed by atoms with van der Waals surface area (Å²) >= 11 is 1.45. The Morgan fingerprint density at radius 1 is 1.03 bits per heavy atom. The fourth-order valence-corrected chi connectivity index (χ4v) is 3.99. The molecule has 0 radical (unpaired) electrons. The van der Waals surface area contributed by atoms with Gasteiger partial charge in [0.2, 0.25) is 5.88 Å². The number of aromatic nitrogens is 2. The molecule has 10 heteroatoms. The number of hydrogen-bond acceptors (Lipinski definition) is 7. The Morgan fingerprint density at radius 3 is 2.50 bits per heavy atom. The van der Waals surface area contributed by atoms with E-state index in [-0.39, 0.29) is 12.0 Å². The molecule has 1 aromatic carbocycles. The maximum absolute atomic E-state index is 12.4. The fourth-order valence-electron chi connectivity index (χ4n) is 3.23. The van der Waals surface area contributed by atoms with Gasteiger partial charge in [-0.15, -0.1) is 11.3 Å². The third-order valence-corrected chi connectivity index (χ3v) is 5.70. The van der Waals surface area contributed by atoms with Crippen LogP contribution in [0.25, 0.3) is 10.6 Å². The van der Waals surface area contributed by atoms with Crippen LogP contribution in [0.3, 0.4) is 0 Å². The number of nitrogens with zero attached hydrogens (tertiary/aromatic N) is 3. The number of carbonyl (C=O) groups is 2. The summed E-state index contributed by atoms with van der Waals surface area (Å²) in [6.07, 6.45) is -0.310. The first-order valence-electron chi connectivity index (χ1n) is 10.9. The van der Waals surface area contributed by atoms with Crippen molar-refractivity contribution >= 4 is 35.1 Å². The van der Waals surface area contributed by atoms with E-state index in [0.717, 1.165) is 10.6 Å². The highest BCUT2D eigenvalue weighted by atomic mass is 32.1. The zero-order valence-corrected chi connectivity index (χ0v) is 20.1. The number of pyridine rings is 1. The number of anilines is 2. The summed E-state index contributed by atoms with van der Waals surface area (Å²) < 4.78 is 11.1. The number of nitrogens with one attached hydrogen (secondary N) is 2. The van der Waals surface area contributed by atoms with Crippen LogP contribution in [0.2, 0.25) is 0 Å². The number of ether oxygens (including phenoxy) is 2. The Balaban J connectivity index is 1.23. The molecule has 0 saturated carbocycles. The van der Waals surface area contributed by atoms with Gasteiger partial charge in [-0.25, -0.2) is 14.6 Å². The van der Waals surface area contributed by atoms with Crippen LogP contribution in [-0.4, -0.2) is 52.3 Å². The second-order valence-electron chi connectivity index (χ2n) is 8.91. The van der Waals surface area contributed by atoms with Crippen LogP contribution in [0, 0.1) is 5.92 Å². The molecule has 0 bridgehead atoms. The molecular formula is C24H27N5O4S. The number of thiazole rings is 1. The molecule has 2 N–H and O–H groups in total. The van der Waals surface area contributed by atoms with E-state index < -0.39 is 11.6 Å². The Bertz CT molecular complexity index is 1140. The van der Waals surface area contributed by atoms with E-state index in [9.17, 15) is 9.59 Å². The molecule has 3 heterocycles. The lowest BCUT2D eigenvalue weighted by atomic mass is 10.0. The van der Waals surface area contributed by atoms with E-state index in [2.05, 4.69) is 20.6 Å². The van der Waals surface area contributed by atoms with Gasteiger partial charge in [-0.3, -0.25) is 10.6 Å². The summed E-state index contributed by atoms with van der Waals surface area (Å²) in [6, 6.07) is 14.5. The molecule has 2 aromatic heterocycles. The molecule has 1 fully saturated rings. The normalized spacial score (nSPS) is 13.7. The lowest BCUT2D eigenvalue weighted by molar-refractivity contribution is -0.00806. The molecule has 0 unspecified atom stereocenters. The molecule has 1 aliphatic rings. The van der Waals surface area contributed by atoms with Gasteiger partial charge in [-0.1, -0.05) is 36.4 Å².